The van der Waals surface area contributed by atoms with E-state index in [4.69, 9.17) is 10.2 Å². The Bertz CT molecular complexity index is 2430. The molecule has 9 rings (SSSR count). The number of hydrogen-bond acceptors (Lipinski definition) is 2. The molecule has 0 atom stereocenters. The Morgan fingerprint density at radius 1 is 0.425 bits per heavy atom. The predicted octanol–water partition coefficient (Wildman–Crippen LogP) is 8.98. The van der Waals surface area contributed by atoms with Crippen LogP contribution in [0.25, 0.3) is 76.5 Å². The summed E-state index contributed by atoms with van der Waals surface area (Å²) < 4.78 is 2.40. The van der Waals surface area contributed by atoms with Gasteiger partial charge in [0.2, 0.25) is 0 Å². The number of para-hydroxylation sites is 2. The van der Waals surface area contributed by atoms with Crippen LogP contribution in [0, 0.1) is 0 Å². The molecule has 4 nitrogen and oxygen atoms in total. The third-order valence-electron chi connectivity index (χ3n) is 8.12. The van der Waals surface area contributed by atoms with Gasteiger partial charge >= 0.3 is 0 Å². The molecule has 7 aromatic carbocycles. The van der Waals surface area contributed by atoms with E-state index in [2.05, 4.69) is 108 Å². The van der Waals surface area contributed by atoms with Crippen LogP contribution in [0.3, 0.4) is 0 Å². The van der Waals surface area contributed by atoms with Gasteiger partial charge in [-0.25, -0.2) is 0 Å². The molecule has 186 valence electrons. The lowest BCUT2D eigenvalue weighted by molar-refractivity contribution is 0.766. The minimum atomic E-state index is 0.887. The van der Waals surface area contributed by atoms with Gasteiger partial charge in [0.25, 0.3) is 0 Å². The Hall–Kier alpha value is -5.48. The van der Waals surface area contributed by atoms with E-state index in [1.54, 1.807) is 4.80 Å². The molecule has 0 fully saturated rings. The number of nitrogens with zero attached hydrogens (tertiary/aromatic N) is 4. The summed E-state index contributed by atoms with van der Waals surface area (Å²) >= 11 is 0. The zero-order valence-corrected chi connectivity index (χ0v) is 21.5. The van der Waals surface area contributed by atoms with Gasteiger partial charge in [0.15, 0.2) is 0 Å². The third-order valence-corrected chi connectivity index (χ3v) is 8.12. The van der Waals surface area contributed by atoms with Crippen molar-refractivity contribution in [1.29, 1.82) is 0 Å². The quantitative estimate of drug-likeness (QED) is 0.218. The van der Waals surface area contributed by atoms with Crippen molar-refractivity contribution < 1.29 is 0 Å². The van der Waals surface area contributed by atoms with Crippen LogP contribution >= 0.6 is 0 Å². The molecular formula is C36H22N4. The molecule has 0 bridgehead atoms. The molecule has 0 unspecified atom stereocenters. The molecule has 0 aliphatic rings. The average molecular weight is 511 g/mol. The van der Waals surface area contributed by atoms with E-state index in [0.29, 0.717) is 0 Å². The van der Waals surface area contributed by atoms with Crippen molar-refractivity contribution in [3.05, 3.63) is 133 Å². The summed E-state index contributed by atoms with van der Waals surface area (Å²) in [7, 11) is 0. The molecule has 0 amide bonds. The molecule has 4 heteroatoms. The molecule has 40 heavy (non-hydrogen) atoms. The van der Waals surface area contributed by atoms with Crippen LogP contribution < -0.4 is 0 Å². The van der Waals surface area contributed by atoms with Gasteiger partial charge in [-0.3, -0.25) is 0 Å². The summed E-state index contributed by atoms with van der Waals surface area (Å²) in [6.07, 6.45) is 0. The van der Waals surface area contributed by atoms with E-state index in [9.17, 15) is 0 Å². The molecular weight excluding hydrogens is 488 g/mol. The molecule has 2 aromatic heterocycles. The lowest BCUT2D eigenvalue weighted by Crippen LogP contribution is -1.97. The molecule has 9 aromatic rings. The highest BCUT2D eigenvalue weighted by Gasteiger charge is 2.16. The first-order valence-corrected chi connectivity index (χ1v) is 13.5. The minimum absolute atomic E-state index is 0.887. The van der Waals surface area contributed by atoms with Crippen molar-refractivity contribution in [3.63, 3.8) is 0 Å². The van der Waals surface area contributed by atoms with Gasteiger partial charge in [0.05, 0.1) is 16.7 Å². The maximum Gasteiger partial charge on any atom is 0.122 e. The van der Waals surface area contributed by atoms with E-state index in [1.807, 2.05) is 30.3 Å². The van der Waals surface area contributed by atoms with Crippen LogP contribution in [-0.2, 0) is 0 Å². The van der Waals surface area contributed by atoms with Crippen LogP contribution in [0.2, 0.25) is 0 Å². The Morgan fingerprint density at radius 2 is 1.15 bits per heavy atom. The summed E-state index contributed by atoms with van der Waals surface area (Å²) in [5.74, 6) is 0. The molecule has 0 radical (unpaired) electrons. The standard InChI is InChI=1S/C36H22N4/c1-2-10-27(11-3-1)40-37-32-19-17-24-15-14-23-16-18-28(22-30(23)35(24)36(32)38-40)39-33-13-7-6-12-29(33)31-20-25-8-4-5-9-26(25)21-34(31)39/h1-22H. The monoisotopic (exact) mass is 510 g/mol. The zero-order chi connectivity index (χ0) is 26.2. The largest absolute Gasteiger partial charge is 0.309 e. The highest BCUT2D eigenvalue weighted by Crippen LogP contribution is 2.37. The Balaban J connectivity index is 1.37. The van der Waals surface area contributed by atoms with Crippen molar-refractivity contribution in [2.75, 3.05) is 0 Å². The Labute approximate surface area is 229 Å². The second-order valence-corrected chi connectivity index (χ2v) is 10.4. The summed E-state index contributed by atoms with van der Waals surface area (Å²) in [6.45, 7) is 0. The van der Waals surface area contributed by atoms with Crippen LogP contribution in [0.4, 0.5) is 0 Å². The van der Waals surface area contributed by atoms with Crippen LogP contribution in [0.5, 0.6) is 0 Å². The molecule has 0 aliphatic heterocycles. The second-order valence-electron chi connectivity index (χ2n) is 10.4. The van der Waals surface area contributed by atoms with E-state index in [0.717, 1.165) is 33.2 Å². The molecule has 2 heterocycles. The van der Waals surface area contributed by atoms with Gasteiger partial charge < -0.3 is 4.57 Å². The predicted molar refractivity (Wildman–Crippen MR) is 166 cm³/mol. The van der Waals surface area contributed by atoms with Crippen LogP contribution in [-0.4, -0.2) is 19.6 Å². The first-order valence-electron chi connectivity index (χ1n) is 13.5. The topological polar surface area (TPSA) is 35.6 Å². The molecule has 0 spiro atoms. The number of hydrogen-bond donors (Lipinski definition) is 0. The van der Waals surface area contributed by atoms with Crippen molar-refractivity contribution in [2.24, 2.45) is 0 Å². The highest BCUT2D eigenvalue weighted by atomic mass is 15.5. The first kappa shape index (κ1) is 21.5. The highest BCUT2D eigenvalue weighted by molar-refractivity contribution is 6.19. The number of rotatable bonds is 2. The first-order chi connectivity index (χ1) is 19.8. The fraction of sp³-hybridized carbons (Fsp3) is 0. The normalized spacial score (nSPS) is 12.0. The number of aromatic nitrogens is 4. The smallest absolute Gasteiger partial charge is 0.122 e. The van der Waals surface area contributed by atoms with Gasteiger partial charge in [0.1, 0.15) is 11.0 Å². The van der Waals surface area contributed by atoms with Gasteiger partial charge in [-0.1, -0.05) is 84.9 Å². The lowest BCUT2D eigenvalue weighted by Gasteiger charge is -2.11. The van der Waals surface area contributed by atoms with Gasteiger partial charge in [-0.05, 0) is 75.5 Å². The van der Waals surface area contributed by atoms with E-state index in [1.165, 1.54) is 43.4 Å². The zero-order valence-electron chi connectivity index (χ0n) is 21.5. The average Bonchev–Trinajstić information content (AvgIpc) is 3.59. The summed E-state index contributed by atoms with van der Waals surface area (Å²) in [4.78, 5) is 1.74. The summed E-state index contributed by atoms with van der Waals surface area (Å²) in [5, 5.41) is 19.5. The summed E-state index contributed by atoms with van der Waals surface area (Å²) in [5.41, 5.74) is 6.29. The maximum atomic E-state index is 4.99. The lowest BCUT2D eigenvalue weighted by atomic mass is 10.00. The molecule has 0 aliphatic carbocycles. The fourth-order valence-electron chi connectivity index (χ4n) is 6.25. The van der Waals surface area contributed by atoms with E-state index < -0.39 is 0 Å². The maximum absolute atomic E-state index is 4.99. The third kappa shape index (κ3) is 3.01. The van der Waals surface area contributed by atoms with E-state index in [-0.39, 0.29) is 0 Å². The van der Waals surface area contributed by atoms with E-state index >= 15 is 0 Å². The summed E-state index contributed by atoms with van der Waals surface area (Å²) in [6, 6.07) is 47.4. The van der Waals surface area contributed by atoms with Crippen molar-refractivity contribution >= 4 is 65.2 Å². The second kappa shape index (κ2) is 8.01. The van der Waals surface area contributed by atoms with Gasteiger partial charge in [-0.2, -0.15) is 4.80 Å². The minimum Gasteiger partial charge on any atom is -0.309 e. The van der Waals surface area contributed by atoms with Crippen molar-refractivity contribution in [3.8, 4) is 11.4 Å². The van der Waals surface area contributed by atoms with Crippen LogP contribution in [0.1, 0.15) is 0 Å². The Kier molecular flexibility index (Phi) is 4.30. The number of benzene rings is 7. The fourth-order valence-corrected chi connectivity index (χ4v) is 6.25. The van der Waals surface area contributed by atoms with Gasteiger partial charge in [-0.15, -0.1) is 10.2 Å². The molecule has 0 saturated heterocycles. The van der Waals surface area contributed by atoms with Crippen LogP contribution in [0.15, 0.2) is 133 Å². The van der Waals surface area contributed by atoms with Gasteiger partial charge in [0, 0.05) is 21.8 Å². The molecule has 0 N–H and O–H groups in total. The molecule has 0 saturated carbocycles. The van der Waals surface area contributed by atoms with Crippen molar-refractivity contribution in [2.45, 2.75) is 0 Å². The number of fused-ring (bicyclic) bond motifs is 9. The SMILES string of the molecule is c1ccc(-n2nc3ccc4ccc5ccc(-n6c7ccccc7c7cc8ccccc8cc76)cc5c4c3n2)cc1. The van der Waals surface area contributed by atoms with Crippen molar-refractivity contribution in [1.82, 2.24) is 19.6 Å². The Morgan fingerprint density at radius 3 is 2.05 bits per heavy atom.